The SMILES string of the molecule is CS(=O)(=O)c1cc(O)c(CNO)cc1F. The molecule has 1 aromatic carbocycles. The van der Waals surface area contributed by atoms with Crippen LogP contribution in [0.5, 0.6) is 5.75 Å². The Morgan fingerprint density at radius 3 is 2.53 bits per heavy atom. The van der Waals surface area contributed by atoms with Gasteiger partial charge in [-0.1, -0.05) is 0 Å². The molecule has 1 rings (SSSR count). The molecule has 0 saturated carbocycles. The van der Waals surface area contributed by atoms with Crippen LogP contribution in [0, 0.1) is 5.82 Å². The van der Waals surface area contributed by atoms with Crippen molar-refractivity contribution in [2.24, 2.45) is 0 Å². The van der Waals surface area contributed by atoms with Crippen LogP contribution in [0.3, 0.4) is 0 Å². The molecule has 0 saturated heterocycles. The van der Waals surface area contributed by atoms with Gasteiger partial charge in [-0.3, -0.25) is 0 Å². The van der Waals surface area contributed by atoms with E-state index in [-0.39, 0.29) is 12.1 Å². The Morgan fingerprint density at radius 1 is 1.47 bits per heavy atom. The maximum absolute atomic E-state index is 13.2. The first-order valence-electron chi connectivity index (χ1n) is 3.94. The zero-order valence-electron chi connectivity index (χ0n) is 7.86. The lowest BCUT2D eigenvalue weighted by Gasteiger charge is -2.06. The maximum atomic E-state index is 13.2. The average Bonchev–Trinajstić information content (AvgIpc) is 2.09. The fourth-order valence-electron chi connectivity index (χ4n) is 1.09. The minimum absolute atomic E-state index is 0.0717. The van der Waals surface area contributed by atoms with Crippen molar-refractivity contribution in [3.63, 3.8) is 0 Å². The Labute approximate surface area is 86.0 Å². The topological polar surface area (TPSA) is 86.6 Å². The molecular formula is C8H10FNO4S. The van der Waals surface area contributed by atoms with E-state index in [9.17, 15) is 17.9 Å². The summed E-state index contributed by atoms with van der Waals surface area (Å²) in [6.07, 6.45) is 0.842. The second-order valence-corrected chi connectivity index (χ2v) is 5.00. The summed E-state index contributed by atoms with van der Waals surface area (Å²) in [6.45, 7) is -0.174. The van der Waals surface area contributed by atoms with Crippen LogP contribution < -0.4 is 5.48 Å². The zero-order chi connectivity index (χ0) is 11.6. The summed E-state index contributed by atoms with van der Waals surface area (Å²) >= 11 is 0. The van der Waals surface area contributed by atoms with Crippen molar-refractivity contribution in [3.8, 4) is 5.75 Å². The van der Waals surface area contributed by atoms with Gasteiger partial charge >= 0.3 is 0 Å². The van der Waals surface area contributed by atoms with E-state index < -0.39 is 26.3 Å². The summed E-state index contributed by atoms with van der Waals surface area (Å²) in [5.41, 5.74) is 1.81. The van der Waals surface area contributed by atoms with E-state index in [1.807, 2.05) is 0 Å². The molecule has 0 radical (unpaired) electrons. The Bertz CT molecular complexity index is 472. The monoisotopic (exact) mass is 235 g/mol. The predicted octanol–water partition coefficient (Wildman–Crippen LogP) is 0.414. The van der Waals surface area contributed by atoms with Crippen LogP contribution >= 0.6 is 0 Å². The van der Waals surface area contributed by atoms with E-state index in [1.165, 1.54) is 0 Å². The highest BCUT2D eigenvalue weighted by atomic mass is 32.2. The van der Waals surface area contributed by atoms with Crippen LogP contribution in [0.15, 0.2) is 17.0 Å². The number of rotatable bonds is 3. The van der Waals surface area contributed by atoms with Crippen LogP contribution in [0.4, 0.5) is 4.39 Å². The Kier molecular flexibility index (Phi) is 3.28. The molecule has 0 amide bonds. The number of hydrogen-bond acceptors (Lipinski definition) is 5. The summed E-state index contributed by atoms with van der Waals surface area (Å²) in [6, 6.07) is 1.67. The third kappa shape index (κ3) is 2.65. The molecule has 0 aliphatic carbocycles. The van der Waals surface area contributed by atoms with E-state index in [2.05, 4.69) is 0 Å². The Hall–Kier alpha value is -1.18. The number of phenolic OH excluding ortho intramolecular Hbond substituents is 1. The molecule has 0 aliphatic rings. The number of hydroxylamine groups is 1. The van der Waals surface area contributed by atoms with Crippen molar-refractivity contribution < 1.29 is 23.1 Å². The standard InChI is InChI=1S/C8H10FNO4S/c1-15(13,14)8-3-7(11)5(4-10-12)2-6(8)9/h2-3,10-12H,4H2,1H3. The molecule has 0 bridgehead atoms. The summed E-state index contributed by atoms with van der Waals surface area (Å²) in [7, 11) is -3.71. The van der Waals surface area contributed by atoms with Crippen LogP contribution in [0.1, 0.15) is 5.56 Å². The minimum atomic E-state index is -3.71. The molecule has 84 valence electrons. The van der Waals surface area contributed by atoms with Gasteiger partial charge < -0.3 is 10.3 Å². The van der Waals surface area contributed by atoms with Crippen molar-refractivity contribution in [3.05, 3.63) is 23.5 Å². The Morgan fingerprint density at radius 2 is 2.07 bits per heavy atom. The van der Waals surface area contributed by atoms with Crippen molar-refractivity contribution in [2.45, 2.75) is 11.4 Å². The first kappa shape index (κ1) is 11.9. The fourth-order valence-corrected chi connectivity index (χ4v) is 1.83. The quantitative estimate of drug-likeness (QED) is 0.661. The lowest BCUT2D eigenvalue weighted by atomic mass is 10.2. The number of nitrogens with one attached hydrogen (secondary N) is 1. The highest BCUT2D eigenvalue weighted by Crippen LogP contribution is 2.24. The van der Waals surface area contributed by atoms with E-state index >= 15 is 0 Å². The smallest absolute Gasteiger partial charge is 0.178 e. The fraction of sp³-hybridized carbons (Fsp3) is 0.250. The van der Waals surface area contributed by atoms with Crippen LogP contribution in [0.25, 0.3) is 0 Å². The molecule has 0 aliphatic heterocycles. The number of aromatic hydroxyl groups is 1. The lowest BCUT2D eigenvalue weighted by molar-refractivity contribution is 0.160. The van der Waals surface area contributed by atoms with E-state index in [1.54, 1.807) is 5.48 Å². The van der Waals surface area contributed by atoms with E-state index in [0.29, 0.717) is 0 Å². The second-order valence-electron chi connectivity index (χ2n) is 3.02. The third-order valence-corrected chi connectivity index (χ3v) is 2.91. The number of halogens is 1. The number of hydrogen-bond donors (Lipinski definition) is 3. The average molecular weight is 235 g/mol. The van der Waals surface area contributed by atoms with Gasteiger partial charge in [0.05, 0.1) is 0 Å². The summed E-state index contributed by atoms with van der Waals surface area (Å²) in [5, 5.41) is 17.7. The molecular weight excluding hydrogens is 225 g/mol. The number of phenols is 1. The molecule has 0 atom stereocenters. The normalized spacial score (nSPS) is 11.7. The van der Waals surface area contributed by atoms with Gasteiger partial charge in [0.15, 0.2) is 9.84 Å². The summed E-state index contributed by atoms with van der Waals surface area (Å²) in [4.78, 5) is -0.568. The van der Waals surface area contributed by atoms with Crippen molar-refractivity contribution in [2.75, 3.05) is 6.26 Å². The van der Waals surface area contributed by atoms with E-state index in [0.717, 1.165) is 18.4 Å². The molecule has 0 spiro atoms. The molecule has 0 fully saturated rings. The van der Waals surface area contributed by atoms with Crippen LogP contribution in [-0.2, 0) is 16.4 Å². The summed E-state index contributed by atoms with van der Waals surface area (Å²) < 4.78 is 35.4. The van der Waals surface area contributed by atoms with Crippen LogP contribution in [0.2, 0.25) is 0 Å². The molecule has 15 heavy (non-hydrogen) atoms. The molecule has 0 unspecified atom stereocenters. The molecule has 0 aromatic heterocycles. The van der Waals surface area contributed by atoms with Gasteiger partial charge in [-0.25, -0.2) is 18.3 Å². The molecule has 7 heteroatoms. The van der Waals surface area contributed by atoms with E-state index in [4.69, 9.17) is 5.21 Å². The first-order valence-corrected chi connectivity index (χ1v) is 5.84. The second kappa shape index (κ2) is 4.13. The lowest BCUT2D eigenvalue weighted by Crippen LogP contribution is -2.08. The van der Waals surface area contributed by atoms with Gasteiger partial charge in [0.2, 0.25) is 0 Å². The highest BCUT2D eigenvalue weighted by Gasteiger charge is 2.16. The molecule has 5 nitrogen and oxygen atoms in total. The molecule has 3 N–H and O–H groups in total. The minimum Gasteiger partial charge on any atom is -0.508 e. The molecule has 0 heterocycles. The highest BCUT2D eigenvalue weighted by molar-refractivity contribution is 7.90. The van der Waals surface area contributed by atoms with Gasteiger partial charge in [0.1, 0.15) is 16.5 Å². The number of benzene rings is 1. The Balaban J connectivity index is 3.32. The maximum Gasteiger partial charge on any atom is 0.178 e. The third-order valence-electron chi connectivity index (χ3n) is 1.80. The zero-order valence-corrected chi connectivity index (χ0v) is 8.68. The van der Waals surface area contributed by atoms with Gasteiger partial charge in [-0.05, 0) is 6.07 Å². The summed E-state index contributed by atoms with van der Waals surface area (Å²) in [5.74, 6) is -1.35. The van der Waals surface area contributed by atoms with Gasteiger partial charge in [-0.15, -0.1) is 0 Å². The van der Waals surface area contributed by atoms with Crippen molar-refractivity contribution >= 4 is 9.84 Å². The molecule has 1 aromatic rings. The van der Waals surface area contributed by atoms with Gasteiger partial charge in [0.25, 0.3) is 0 Å². The predicted molar refractivity (Wildman–Crippen MR) is 49.8 cm³/mol. The number of sulfone groups is 1. The first-order chi connectivity index (χ1) is 6.86. The van der Waals surface area contributed by atoms with Gasteiger partial charge in [0, 0.05) is 24.4 Å². The largest absolute Gasteiger partial charge is 0.508 e. The van der Waals surface area contributed by atoms with Crippen LogP contribution in [-0.4, -0.2) is 25.0 Å². The van der Waals surface area contributed by atoms with Gasteiger partial charge in [-0.2, -0.15) is 0 Å². The van der Waals surface area contributed by atoms with Crippen molar-refractivity contribution in [1.29, 1.82) is 0 Å². The van der Waals surface area contributed by atoms with Crippen molar-refractivity contribution in [1.82, 2.24) is 5.48 Å².